The second kappa shape index (κ2) is 5.89. The van der Waals surface area contributed by atoms with Crippen LogP contribution < -0.4 is 0 Å². The van der Waals surface area contributed by atoms with Crippen LogP contribution in [0.1, 0.15) is 31.1 Å². The van der Waals surface area contributed by atoms with E-state index in [4.69, 9.17) is 11.6 Å². The fraction of sp³-hybridized carbons (Fsp3) is 0.357. The van der Waals surface area contributed by atoms with Crippen molar-refractivity contribution in [3.8, 4) is 0 Å². The summed E-state index contributed by atoms with van der Waals surface area (Å²) < 4.78 is 0.746. The minimum Gasteiger partial charge on any atom is -0.330 e. The van der Waals surface area contributed by atoms with Crippen molar-refractivity contribution in [2.45, 2.75) is 26.3 Å². The maximum absolute atomic E-state index is 12.5. The van der Waals surface area contributed by atoms with E-state index >= 15 is 0 Å². The SMILES string of the molecule is C=CCN(C(=O)c1cc(Cl)ccc1Br)C(C)(C)C. The average molecular weight is 331 g/mol. The van der Waals surface area contributed by atoms with Crippen LogP contribution in [0.4, 0.5) is 0 Å². The number of hydrogen-bond donors (Lipinski definition) is 0. The summed E-state index contributed by atoms with van der Waals surface area (Å²) >= 11 is 9.33. The molecule has 0 saturated heterocycles. The van der Waals surface area contributed by atoms with Gasteiger partial charge in [-0.2, -0.15) is 0 Å². The van der Waals surface area contributed by atoms with Gasteiger partial charge in [0.15, 0.2) is 0 Å². The molecule has 0 heterocycles. The Labute approximate surface area is 122 Å². The third-order valence-corrected chi connectivity index (χ3v) is 3.45. The van der Waals surface area contributed by atoms with E-state index in [0.717, 1.165) is 4.47 Å². The average Bonchev–Trinajstić information content (AvgIpc) is 2.27. The van der Waals surface area contributed by atoms with Gasteiger partial charge in [0.1, 0.15) is 0 Å². The summed E-state index contributed by atoms with van der Waals surface area (Å²) in [7, 11) is 0. The maximum atomic E-state index is 12.5. The molecule has 1 rings (SSSR count). The van der Waals surface area contributed by atoms with Gasteiger partial charge in [-0.25, -0.2) is 0 Å². The standard InChI is InChI=1S/C14H17BrClNO/c1-5-8-17(14(2,3)4)13(18)11-9-10(16)6-7-12(11)15/h5-7,9H,1,8H2,2-4H3. The summed E-state index contributed by atoms with van der Waals surface area (Å²) in [6.07, 6.45) is 1.72. The van der Waals surface area contributed by atoms with Crippen molar-refractivity contribution in [3.63, 3.8) is 0 Å². The normalized spacial score (nSPS) is 11.2. The number of rotatable bonds is 3. The summed E-state index contributed by atoms with van der Waals surface area (Å²) in [4.78, 5) is 14.3. The number of benzene rings is 1. The largest absolute Gasteiger partial charge is 0.330 e. The Hall–Kier alpha value is -0.800. The van der Waals surface area contributed by atoms with Crippen LogP contribution in [0.15, 0.2) is 35.3 Å². The molecular formula is C14H17BrClNO. The van der Waals surface area contributed by atoms with Gasteiger partial charge in [0, 0.05) is 21.6 Å². The number of halogens is 2. The molecule has 0 fully saturated rings. The number of carbonyl (C=O) groups is 1. The Morgan fingerprint density at radius 3 is 2.61 bits per heavy atom. The molecule has 1 aromatic carbocycles. The minimum absolute atomic E-state index is 0.0585. The highest BCUT2D eigenvalue weighted by molar-refractivity contribution is 9.10. The van der Waals surface area contributed by atoms with E-state index in [-0.39, 0.29) is 11.4 Å². The molecule has 0 aliphatic rings. The van der Waals surface area contributed by atoms with E-state index < -0.39 is 0 Å². The Bertz CT molecular complexity index is 465. The van der Waals surface area contributed by atoms with Crippen LogP contribution in [0.25, 0.3) is 0 Å². The Balaban J connectivity index is 3.17. The highest BCUT2D eigenvalue weighted by atomic mass is 79.9. The minimum atomic E-state index is -0.271. The van der Waals surface area contributed by atoms with Crippen LogP contribution in [0, 0.1) is 0 Å². The highest BCUT2D eigenvalue weighted by Gasteiger charge is 2.27. The molecule has 1 aromatic rings. The van der Waals surface area contributed by atoms with Crippen molar-refractivity contribution in [1.82, 2.24) is 4.90 Å². The molecule has 0 atom stereocenters. The van der Waals surface area contributed by atoms with Crippen LogP contribution >= 0.6 is 27.5 Å². The molecule has 1 amide bonds. The molecule has 18 heavy (non-hydrogen) atoms. The first-order valence-corrected chi connectivity index (χ1v) is 6.82. The van der Waals surface area contributed by atoms with Gasteiger partial charge in [0.25, 0.3) is 5.91 Å². The maximum Gasteiger partial charge on any atom is 0.255 e. The Kier molecular flexibility index (Phi) is 5.00. The van der Waals surface area contributed by atoms with E-state index in [2.05, 4.69) is 22.5 Å². The fourth-order valence-corrected chi connectivity index (χ4v) is 2.19. The van der Waals surface area contributed by atoms with Crippen LogP contribution in [0.5, 0.6) is 0 Å². The molecular weight excluding hydrogens is 314 g/mol. The van der Waals surface area contributed by atoms with E-state index in [9.17, 15) is 4.79 Å². The van der Waals surface area contributed by atoms with Crippen molar-refractivity contribution in [1.29, 1.82) is 0 Å². The number of nitrogens with zero attached hydrogens (tertiary/aromatic N) is 1. The molecule has 0 radical (unpaired) electrons. The summed E-state index contributed by atoms with van der Waals surface area (Å²) in [5.74, 6) is -0.0585. The molecule has 4 heteroatoms. The van der Waals surface area contributed by atoms with Crippen molar-refractivity contribution in [2.24, 2.45) is 0 Å². The van der Waals surface area contributed by atoms with Crippen molar-refractivity contribution in [2.75, 3.05) is 6.54 Å². The molecule has 0 unspecified atom stereocenters. The highest BCUT2D eigenvalue weighted by Crippen LogP contribution is 2.25. The van der Waals surface area contributed by atoms with E-state index in [1.165, 1.54) is 0 Å². The van der Waals surface area contributed by atoms with Crippen molar-refractivity contribution < 1.29 is 4.79 Å². The molecule has 0 saturated carbocycles. The second-order valence-electron chi connectivity index (χ2n) is 5.00. The third-order valence-electron chi connectivity index (χ3n) is 2.53. The predicted molar refractivity (Wildman–Crippen MR) is 80.1 cm³/mol. The topological polar surface area (TPSA) is 20.3 Å². The summed E-state index contributed by atoms with van der Waals surface area (Å²) in [5.41, 5.74) is 0.298. The van der Waals surface area contributed by atoms with Crippen LogP contribution in [-0.2, 0) is 0 Å². The van der Waals surface area contributed by atoms with Gasteiger partial charge < -0.3 is 4.90 Å². The molecule has 0 spiro atoms. The van der Waals surface area contributed by atoms with Gasteiger partial charge in [0.05, 0.1) is 5.56 Å². The molecule has 0 N–H and O–H groups in total. The first-order chi connectivity index (χ1) is 8.27. The van der Waals surface area contributed by atoms with Gasteiger partial charge in [-0.1, -0.05) is 17.7 Å². The van der Waals surface area contributed by atoms with Gasteiger partial charge >= 0.3 is 0 Å². The molecule has 2 nitrogen and oxygen atoms in total. The first kappa shape index (κ1) is 15.3. The van der Waals surface area contributed by atoms with Crippen LogP contribution in [0.2, 0.25) is 5.02 Å². The number of carbonyl (C=O) groups excluding carboxylic acids is 1. The van der Waals surface area contributed by atoms with Crippen LogP contribution in [-0.4, -0.2) is 22.9 Å². The first-order valence-electron chi connectivity index (χ1n) is 5.65. The Morgan fingerprint density at radius 2 is 2.11 bits per heavy atom. The zero-order valence-corrected chi connectivity index (χ0v) is 13.2. The molecule has 0 aliphatic heterocycles. The number of amides is 1. The van der Waals surface area contributed by atoms with Gasteiger partial charge in [-0.15, -0.1) is 6.58 Å². The van der Waals surface area contributed by atoms with Crippen molar-refractivity contribution in [3.05, 3.63) is 45.9 Å². The zero-order chi connectivity index (χ0) is 13.9. The quantitative estimate of drug-likeness (QED) is 0.746. The lowest BCUT2D eigenvalue weighted by Gasteiger charge is -2.35. The molecule has 98 valence electrons. The monoisotopic (exact) mass is 329 g/mol. The fourth-order valence-electron chi connectivity index (χ4n) is 1.60. The van der Waals surface area contributed by atoms with Gasteiger partial charge in [-0.05, 0) is 54.9 Å². The van der Waals surface area contributed by atoms with Crippen LogP contribution in [0.3, 0.4) is 0 Å². The van der Waals surface area contributed by atoms with Crippen molar-refractivity contribution >= 4 is 33.4 Å². The van der Waals surface area contributed by atoms with E-state index in [0.29, 0.717) is 17.1 Å². The molecule has 0 bridgehead atoms. The van der Waals surface area contributed by atoms with E-state index in [1.54, 1.807) is 29.2 Å². The lowest BCUT2D eigenvalue weighted by Crippen LogP contribution is -2.45. The summed E-state index contributed by atoms with van der Waals surface area (Å²) in [6.45, 7) is 10.2. The summed E-state index contributed by atoms with van der Waals surface area (Å²) in [6, 6.07) is 5.21. The number of hydrogen-bond acceptors (Lipinski definition) is 1. The van der Waals surface area contributed by atoms with Gasteiger partial charge in [0.2, 0.25) is 0 Å². The predicted octanol–water partition coefficient (Wildman–Crippen LogP) is 4.53. The Morgan fingerprint density at radius 1 is 1.50 bits per heavy atom. The lowest BCUT2D eigenvalue weighted by atomic mass is 10.0. The molecule has 0 aliphatic carbocycles. The third kappa shape index (κ3) is 3.59. The van der Waals surface area contributed by atoms with Gasteiger partial charge in [-0.3, -0.25) is 4.79 Å². The second-order valence-corrected chi connectivity index (χ2v) is 6.29. The zero-order valence-electron chi connectivity index (χ0n) is 10.8. The smallest absolute Gasteiger partial charge is 0.255 e. The molecule has 0 aromatic heterocycles. The summed E-state index contributed by atoms with van der Waals surface area (Å²) in [5, 5.41) is 0.550. The lowest BCUT2D eigenvalue weighted by molar-refractivity contribution is 0.0615. The van der Waals surface area contributed by atoms with E-state index in [1.807, 2.05) is 20.8 Å².